The highest BCUT2D eigenvalue weighted by Gasteiger charge is 2.65. The number of carbonyl (C=O) groups excluding carboxylic acids is 1. The molecule has 0 spiro atoms. The van der Waals surface area contributed by atoms with Gasteiger partial charge in [-0.2, -0.15) is 0 Å². The Morgan fingerprint density at radius 1 is 1.38 bits per heavy atom. The standard InChI is InChI=1S/C17H19N3O/c18-7-1-3-10-4-2-8-19-15(10)17(21)20-16-13-11-5-6-12(9-11)14(13)16/h2,4,8,11-14,16H,5-7,9,18H2,(H,20,21). The van der Waals surface area contributed by atoms with Crippen LogP contribution in [0.1, 0.15) is 35.3 Å². The highest BCUT2D eigenvalue weighted by atomic mass is 16.2. The van der Waals surface area contributed by atoms with Crippen LogP contribution in [0.15, 0.2) is 18.3 Å². The zero-order chi connectivity index (χ0) is 14.4. The van der Waals surface area contributed by atoms with Crippen LogP contribution in [-0.2, 0) is 0 Å². The zero-order valence-corrected chi connectivity index (χ0v) is 11.9. The lowest BCUT2D eigenvalue weighted by Gasteiger charge is -2.11. The number of pyridine rings is 1. The van der Waals surface area contributed by atoms with Gasteiger partial charge in [-0.3, -0.25) is 4.79 Å². The van der Waals surface area contributed by atoms with Gasteiger partial charge in [-0.05, 0) is 55.1 Å². The van der Waals surface area contributed by atoms with Gasteiger partial charge in [-0.1, -0.05) is 11.8 Å². The quantitative estimate of drug-likeness (QED) is 0.800. The van der Waals surface area contributed by atoms with Crippen LogP contribution in [0.3, 0.4) is 0 Å². The van der Waals surface area contributed by atoms with E-state index >= 15 is 0 Å². The molecule has 4 atom stereocenters. The van der Waals surface area contributed by atoms with E-state index in [4.69, 9.17) is 5.73 Å². The Hall–Kier alpha value is -1.86. The summed E-state index contributed by atoms with van der Waals surface area (Å²) in [7, 11) is 0. The summed E-state index contributed by atoms with van der Waals surface area (Å²) in [4.78, 5) is 16.7. The Morgan fingerprint density at radius 3 is 2.86 bits per heavy atom. The largest absolute Gasteiger partial charge is 0.347 e. The van der Waals surface area contributed by atoms with Crippen LogP contribution in [0.2, 0.25) is 0 Å². The van der Waals surface area contributed by atoms with Crippen molar-refractivity contribution in [3.8, 4) is 11.8 Å². The monoisotopic (exact) mass is 281 g/mol. The molecule has 3 saturated carbocycles. The van der Waals surface area contributed by atoms with E-state index < -0.39 is 0 Å². The van der Waals surface area contributed by atoms with Crippen molar-refractivity contribution in [1.29, 1.82) is 0 Å². The normalized spacial score (nSPS) is 34.8. The summed E-state index contributed by atoms with van der Waals surface area (Å²) in [6, 6.07) is 3.99. The van der Waals surface area contributed by atoms with Gasteiger partial charge >= 0.3 is 0 Å². The number of carbonyl (C=O) groups is 1. The number of fused-ring (bicyclic) bond motifs is 5. The van der Waals surface area contributed by atoms with Crippen LogP contribution >= 0.6 is 0 Å². The van der Waals surface area contributed by atoms with Gasteiger partial charge in [0.25, 0.3) is 5.91 Å². The van der Waals surface area contributed by atoms with Crippen molar-refractivity contribution in [3.63, 3.8) is 0 Å². The molecule has 3 N–H and O–H groups in total. The first kappa shape index (κ1) is 12.8. The Bertz CT molecular complexity index is 629. The fourth-order valence-electron chi connectivity index (χ4n) is 4.57. The van der Waals surface area contributed by atoms with Gasteiger partial charge in [0.05, 0.1) is 12.1 Å². The van der Waals surface area contributed by atoms with E-state index in [-0.39, 0.29) is 12.5 Å². The molecule has 1 aromatic heterocycles. The van der Waals surface area contributed by atoms with Gasteiger partial charge < -0.3 is 11.1 Å². The second-order valence-electron chi connectivity index (χ2n) is 6.39. The first-order valence-electron chi connectivity index (χ1n) is 7.74. The van der Waals surface area contributed by atoms with Crippen LogP contribution in [0, 0.1) is 35.5 Å². The van der Waals surface area contributed by atoms with E-state index in [1.165, 1.54) is 19.3 Å². The summed E-state index contributed by atoms with van der Waals surface area (Å²) in [5.41, 5.74) is 6.49. The smallest absolute Gasteiger partial charge is 0.271 e. The highest BCUT2D eigenvalue weighted by Crippen LogP contribution is 2.65. The molecule has 1 amide bonds. The van der Waals surface area contributed by atoms with Crippen molar-refractivity contribution < 1.29 is 4.79 Å². The first-order valence-corrected chi connectivity index (χ1v) is 7.74. The second kappa shape index (κ2) is 4.85. The molecule has 3 aliphatic rings. The van der Waals surface area contributed by atoms with Crippen molar-refractivity contribution >= 4 is 5.91 Å². The van der Waals surface area contributed by atoms with Crippen molar-refractivity contribution in [2.45, 2.75) is 25.3 Å². The van der Waals surface area contributed by atoms with Crippen LogP contribution in [0.25, 0.3) is 0 Å². The molecular weight excluding hydrogens is 262 g/mol. The predicted octanol–water partition coefficient (Wildman–Crippen LogP) is 1.17. The van der Waals surface area contributed by atoms with E-state index in [9.17, 15) is 4.79 Å². The van der Waals surface area contributed by atoms with Gasteiger partial charge in [0.15, 0.2) is 0 Å². The van der Waals surface area contributed by atoms with Gasteiger partial charge in [0, 0.05) is 12.2 Å². The number of nitrogens with two attached hydrogens (primary N) is 1. The fraction of sp³-hybridized carbons (Fsp3) is 0.529. The topological polar surface area (TPSA) is 68.0 Å². The third kappa shape index (κ3) is 2.04. The average Bonchev–Trinajstić information content (AvgIpc) is 2.90. The SMILES string of the molecule is NCC#Cc1cccnc1C(=O)NC1C2C3CCC(C3)C12. The molecule has 108 valence electrons. The van der Waals surface area contributed by atoms with Gasteiger partial charge in [-0.15, -0.1) is 0 Å². The maximum Gasteiger partial charge on any atom is 0.271 e. The zero-order valence-electron chi connectivity index (χ0n) is 11.9. The van der Waals surface area contributed by atoms with Crippen LogP contribution in [0.4, 0.5) is 0 Å². The minimum atomic E-state index is -0.0873. The number of aromatic nitrogens is 1. The predicted molar refractivity (Wildman–Crippen MR) is 79.2 cm³/mol. The molecular formula is C17H19N3O. The summed E-state index contributed by atoms with van der Waals surface area (Å²) in [5, 5.41) is 3.19. The summed E-state index contributed by atoms with van der Waals surface area (Å²) >= 11 is 0. The summed E-state index contributed by atoms with van der Waals surface area (Å²) in [6.45, 7) is 0.284. The van der Waals surface area contributed by atoms with Gasteiger partial charge in [0.2, 0.25) is 0 Å². The lowest BCUT2D eigenvalue weighted by Crippen LogP contribution is -2.31. The average molecular weight is 281 g/mol. The molecule has 1 heterocycles. The summed E-state index contributed by atoms with van der Waals surface area (Å²) < 4.78 is 0. The molecule has 4 nitrogen and oxygen atoms in total. The molecule has 0 radical (unpaired) electrons. The summed E-state index contributed by atoms with van der Waals surface area (Å²) in [5.74, 6) is 8.80. The number of hydrogen-bond donors (Lipinski definition) is 2. The molecule has 2 bridgehead atoms. The van der Waals surface area contributed by atoms with Crippen LogP contribution in [0.5, 0.6) is 0 Å². The molecule has 1 aromatic rings. The fourth-order valence-corrected chi connectivity index (χ4v) is 4.57. The van der Waals surface area contributed by atoms with Crippen molar-refractivity contribution in [1.82, 2.24) is 10.3 Å². The van der Waals surface area contributed by atoms with Gasteiger partial charge in [-0.25, -0.2) is 4.98 Å². The highest BCUT2D eigenvalue weighted by molar-refractivity contribution is 5.95. The lowest BCUT2D eigenvalue weighted by molar-refractivity contribution is 0.0939. The Kier molecular flexibility index (Phi) is 2.97. The van der Waals surface area contributed by atoms with Crippen LogP contribution in [-0.4, -0.2) is 23.5 Å². The molecule has 4 unspecified atom stereocenters. The van der Waals surface area contributed by atoms with Crippen LogP contribution < -0.4 is 11.1 Å². The molecule has 0 saturated heterocycles. The number of amides is 1. The number of nitrogens with zero attached hydrogens (tertiary/aromatic N) is 1. The maximum atomic E-state index is 12.5. The third-order valence-electron chi connectivity index (χ3n) is 5.38. The molecule has 0 aromatic carbocycles. The van der Waals surface area contributed by atoms with Crippen molar-refractivity contribution in [3.05, 3.63) is 29.6 Å². The molecule has 3 fully saturated rings. The molecule has 21 heavy (non-hydrogen) atoms. The van der Waals surface area contributed by atoms with E-state index in [1.807, 2.05) is 6.07 Å². The maximum absolute atomic E-state index is 12.5. The minimum Gasteiger partial charge on any atom is -0.347 e. The van der Waals surface area contributed by atoms with Crippen molar-refractivity contribution in [2.24, 2.45) is 29.4 Å². The molecule has 4 heteroatoms. The van der Waals surface area contributed by atoms with E-state index in [0.717, 1.165) is 23.7 Å². The second-order valence-corrected chi connectivity index (χ2v) is 6.39. The number of nitrogens with one attached hydrogen (secondary N) is 1. The lowest BCUT2D eigenvalue weighted by atomic mass is 10.0. The molecule has 4 rings (SSSR count). The van der Waals surface area contributed by atoms with E-state index in [2.05, 4.69) is 22.1 Å². The molecule has 0 aliphatic heterocycles. The Balaban J connectivity index is 1.49. The van der Waals surface area contributed by atoms with Gasteiger partial charge in [0.1, 0.15) is 5.69 Å². The van der Waals surface area contributed by atoms with E-state index in [1.54, 1.807) is 12.3 Å². The number of rotatable bonds is 2. The minimum absolute atomic E-state index is 0.0873. The first-order chi connectivity index (χ1) is 10.3. The Morgan fingerprint density at radius 2 is 2.14 bits per heavy atom. The van der Waals surface area contributed by atoms with Crippen molar-refractivity contribution in [2.75, 3.05) is 6.54 Å². The van der Waals surface area contributed by atoms with E-state index in [0.29, 0.717) is 17.3 Å². The third-order valence-corrected chi connectivity index (χ3v) is 5.38. The summed E-state index contributed by atoms with van der Waals surface area (Å²) in [6.07, 6.45) is 5.74. The number of hydrogen-bond acceptors (Lipinski definition) is 3. The Labute approximate surface area is 124 Å². The molecule has 3 aliphatic carbocycles.